The van der Waals surface area contributed by atoms with Crippen molar-refractivity contribution in [2.45, 2.75) is 0 Å². The number of halogens is 2. The summed E-state index contributed by atoms with van der Waals surface area (Å²) in [5.74, 6) is 3.62. The topological polar surface area (TPSA) is 77.0 Å². The van der Waals surface area contributed by atoms with Crippen LogP contribution in [0, 0.1) is 466 Å². The molecule has 8 aromatic carbocycles. The van der Waals surface area contributed by atoms with Crippen LogP contribution in [0.25, 0.3) is 75.0 Å². The quantitative estimate of drug-likeness (QED) is 0.0944. The van der Waals surface area contributed by atoms with Crippen molar-refractivity contribution in [3.05, 3.63) is 168 Å². The first-order chi connectivity index (χ1) is 28.5. The number of hydrogen-bond donors (Lipinski definition) is 0. The minimum Gasteiger partial charge on any atom is -0.320 e. The second-order valence-corrected chi connectivity index (χ2v) is 14.2. The molecule has 0 bridgehead atoms. The molecule has 0 aliphatic rings. The summed E-state index contributed by atoms with van der Waals surface area (Å²) in [6, 6.07) is 47.4. The molecular weight excluding hydrogens is 1410 g/mol. The summed E-state index contributed by atoms with van der Waals surface area (Å²) in [6.07, 6.45) is 0. The molecule has 0 unspecified atom stereocenters. The molecular formula is C46H36Ar12Br2N2O4P4. The van der Waals surface area contributed by atoms with Gasteiger partial charge in [0.05, 0.1) is 21.2 Å². The Bertz CT molecular complexity index is 2460. The van der Waals surface area contributed by atoms with Crippen LogP contribution in [0.15, 0.2) is 146 Å². The van der Waals surface area contributed by atoms with Gasteiger partial charge in [-0.2, -0.15) is 0 Å². The molecule has 0 spiro atoms. The van der Waals surface area contributed by atoms with E-state index in [0.717, 1.165) is 65.3 Å². The Hall–Kier alpha value is 10.3. The van der Waals surface area contributed by atoms with Gasteiger partial charge in [-0.05, 0) is 79.0 Å². The average molecular weight is 1440 g/mol. The van der Waals surface area contributed by atoms with E-state index in [0.29, 0.717) is 21.2 Å². The zero-order valence-corrected chi connectivity index (χ0v) is 51.4. The van der Waals surface area contributed by atoms with Gasteiger partial charge < -0.3 is 9.69 Å². The van der Waals surface area contributed by atoms with Gasteiger partial charge in [0.25, 0.3) is 0 Å². The Morgan fingerprint density at radius 1 is 0.300 bits per heavy atom. The van der Waals surface area contributed by atoms with Crippen molar-refractivity contribution >= 4 is 130 Å². The maximum Gasteiger partial charge on any atom is 0.205 e. The molecule has 0 aliphatic carbocycles. The van der Waals surface area contributed by atoms with Crippen LogP contribution >= 0.6 is 65.7 Å². The van der Waals surface area contributed by atoms with Crippen molar-refractivity contribution in [1.82, 2.24) is 0 Å². The molecule has 0 heterocycles. The number of rotatable bonds is 6. The largest absolute Gasteiger partial charge is 0.320 e. The SMILES string of the molecule is CBr.CBr.O=Pc1ccc2ccccc2c1-c1c(P=O)ccc2ccccc12.O=Pc1ccc2ccccc2c1-c1c(P=O)ccc2ccccc12.[Ar].[Ar].[Ar].[Ar].[Ar].[Ar].[Ar].[Ar].[Ar].[Ar].[Ar].[Ar].[C-]#[N+]C.[C-]#[N+]C. The molecule has 0 saturated heterocycles. The van der Waals surface area contributed by atoms with E-state index in [1.54, 1.807) is 0 Å². The number of fused-ring (bicyclic) bond motifs is 4. The summed E-state index contributed by atoms with van der Waals surface area (Å²) < 4.78 is 47.2. The van der Waals surface area contributed by atoms with Gasteiger partial charge in [0.15, 0.2) is 33.8 Å². The first kappa shape index (κ1) is 102. The molecule has 0 atom stereocenters. The fraction of sp³-hybridized carbons (Fsp3) is 0.0870. The normalized spacial score (nSPS) is 8.29. The van der Waals surface area contributed by atoms with Crippen LogP contribution in [-0.4, -0.2) is 25.8 Å². The maximum absolute atomic E-state index is 11.8. The predicted molar refractivity (Wildman–Crippen MR) is 257 cm³/mol. The Morgan fingerprint density at radius 2 is 0.443 bits per heavy atom. The summed E-state index contributed by atoms with van der Waals surface area (Å²) >= 11 is 5.88. The van der Waals surface area contributed by atoms with Crippen molar-refractivity contribution in [2.75, 3.05) is 25.8 Å². The molecule has 0 fully saturated rings. The Morgan fingerprint density at radius 3 is 0.586 bits per heavy atom. The third-order valence-electron chi connectivity index (χ3n) is 8.52. The van der Waals surface area contributed by atoms with Gasteiger partial charge in [-0.15, -0.1) is 0 Å². The van der Waals surface area contributed by atoms with E-state index in [9.17, 15) is 18.3 Å². The van der Waals surface area contributed by atoms with Gasteiger partial charge in [-0.3, -0.25) is 18.3 Å². The number of hydrogen-bond acceptors (Lipinski definition) is 4. The summed E-state index contributed by atoms with van der Waals surface area (Å²) in [5, 5.41) is 11.2. The molecule has 0 amide bonds. The van der Waals surface area contributed by atoms with Crippen LogP contribution in [0.2, 0.25) is 0 Å². The van der Waals surface area contributed by atoms with Crippen molar-refractivity contribution in [3.63, 3.8) is 0 Å². The van der Waals surface area contributed by atoms with E-state index in [1.165, 1.54) is 14.1 Å². The van der Waals surface area contributed by atoms with E-state index in [2.05, 4.69) is 41.5 Å². The molecule has 0 N–H and O–H groups in total. The number of alkyl halides is 2. The summed E-state index contributed by atoms with van der Waals surface area (Å²) in [4.78, 5) is 5.50. The second-order valence-electron chi connectivity index (χ2n) is 11.5. The van der Waals surface area contributed by atoms with Crippen LogP contribution < -0.4 is 21.2 Å². The average Bonchev–Trinajstić information content (AvgIpc) is 3.29. The van der Waals surface area contributed by atoms with Crippen LogP contribution in [0.5, 0.6) is 0 Å². The van der Waals surface area contributed by atoms with E-state index in [4.69, 9.17) is 13.1 Å². The molecule has 0 aliphatic heterocycles. The number of benzene rings is 8. The molecule has 0 saturated carbocycles. The van der Waals surface area contributed by atoms with Gasteiger partial charge >= 0.3 is 0 Å². The van der Waals surface area contributed by atoms with Gasteiger partial charge in [0.2, 0.25) is 14.1 Å². The van der Waals surface area contributed by atoms with Crippen molar-refractivity contribution < 1.29 is 471 Å². The van der Waals surface area contributed by atoms with Gasteiger partial charge in [0, 0.05) is 475 Å². The van der Waals surface area contributed by atoms with Gasteiger partial charge in [-0.25, -0.2) is 13.1 Å². The van der Waals surface area contributed by atoms with E-state index >= 15 is 0 Å². The Balaban J connectivity index is -0.0000000947. The Kier molecular flexibility index (Phi) is 90.9. The summed E-state index contributed by atoms with van der Waals surface area (Å²) in [6.45, 7) is 11.7. The second kappa shape index (κ2) is 62.3. The molecule has 0 radical (unpaired) electrons. The third-order valence-corrected chi connectivity index (χ3v) is 10.8. The fourth-order valence-electron chi connectivity index (χ4n) is 6.40. The first-order valence-electron chi connectivity index (χ1n) is 17.2. The van der Waals surface area contributed by atoms with Crippen LogP contribution in [0.3, 0.4) is 0 Å². The van der Waals surface area contributed by atoms with Crippen LogP contribution in [-0.2, 0) is 18.3 Å². The van der Waals surface area contributed by atoms with Gasteiger partial charge in [-0.1, -0.05) is 153 Å². The fourth-order valence-corrected chi connectivity index (χ4v) is 8.23. The molecule has 70 heavy (non-hydrogen) atoms. The van der Waals surface area contributed by atoms with E-state index < -0.39 is 0 Å². The van der Waals surface area contributed by atoms with Crippen molar-refractivity contribution in [3.8, 4) is 22.3 Å². The van der Waals surface area contributed by atoms with Gasteiger partial charge in [0.1, 0.15) is 0 Å². The zero-order valence-electron chi connectivity index (χ0n) is 36.2. The molecule has 8 aromatic rings. The third kappa shape index (κ3) is 31.3. The van der Waals surface area contributed by atoms with Crippen LogP contribution in [0.4, 0.5) is 0 Å². The summed E-state index contributed by atoms with van der Waals surface area (Å²) in [7, 11) is 2.65. The first-order valence-corrected chi connectivity index (χ1v) is 23.6. The molecule has 24 heteroatoms. The number of nitrogens with zero attached hydrogens (tertiary/aromatic N) is 2. The smallest absolute Gasteiger partial charge is 0.205 e. The maximum atomic E-state index is 11.8. The molecule has 6 nitrogen and oxygen atoms in total. The van der Waals surface area contributed by atoms with Crippen LogP contribution in [0.1, 0.15) is 0 Å². The van der Waals surface area contributed by atoms with E-state index in [1.807, 2.05) is 157 Å². The Labute approximate surface area is 795 Å². The van der Waals surface area contributed by atoms with Crippen molar-refractivity contribution in [1.29, 1.82) is 0 Å². The summed E-state index contributed by atoms with van der Waals surface area (Å²) in [5.41, 5.74) is 3.56. The molecule has 0 aromatic heterocycles. The predicted octanol–water partition coefficient (Wildman–Crippen LogP) is 14.1. The molecule has 384 valence electrons. The minimum absolute atomic E-state index is 0. The molecule has 8 rings (SSSR count). The van der Waals surface area contributed by atoms with Crippen molar-refractivity contribution in [2.24, 2.45) is 0 Å². The zero-order chi connectivity index (χ0) is 42.5. The monoisotopic (exact) mass is 1440 g/mol. The van der Waals surface area contributed by atoms with E-state index in [-0.39, 0.29) is 487 Å². The minimum atomic E-state index is -0.0454. The standard InChI is InChI=1S/2C20H12O2P2.2C2H3N.2CH3Br.12Ar/c2*21-23-17-11-9-13-5-1-3-7-15(13)19(17)20-16-8-4-2-6-14(16)10-12-18(20)24-22;2*1-3-2;2*1-2;;;;;;;;;;;;/h2*1-12H;2*1H3;2*1H3;;;;;;;;;;;;.